The van der Waals surface area contributed by atoms with Crippen molar-refractivity contribution < 1.29 is 4.79 Å². The Kier molecular flexibility index (Phi) is 5.10. The lowest BCUT2D eigenvalue weighted by molar-refractivity contribution is 0.235. The highest BCUT2D eigenvalue weighted by Crippen LogP contribution is 2.17. The quantitative estimate of drug-likeness (QED) is 0.698. The molecule has 17 heavy (non-hydrogen) atoms. The first-order valence-corrected chi connectivity index (χ1v) is 7.09. The molecule has 98 valence electrons. The van der Waals surface area contributed by atoms with Gasteiger partial charge in [0, 0.05) is 12.6 Å². The summed E-state index contributed by atoms with van der Waals surface area (Å²) in [6, 6.07) is 0.458. The summed E-state index contributed by atoms with van der Waals surface area (Å²) in [5.41, 5.74) is 0. The first kappa shape index (κ1) is 12.7. The fourth-order valence-corrected chi connectivity index (χ4v) is 2.87. The fraction of sp³-hybridized carbons (Fsp3) is 0.923. The van der Waals surface area contributed by atoms with Crippen LogP contribution in [0.15, 0.2) is 0 Å². The highest BCUT2D eigenvalue weighted by atomic mass is 16.2. The highest BCUT2D eigenvalue weighted by molar-refractivity contribution is 5.74. The molecule has 1 aliphatic carbocycles. The molecule has 1 aliphatic heterocycles. The molecular formula is C13H25N3O. The summed E-state index contributed by atoms with van der Waals surface area (Å²) in [6.07, 6.45) is 8.47. The van der Waals surface area contributed by atoms with E-state index in [0.29, 0.717) is 6.04 Å². The van der Waals surface area contributed by atoms with E-state index >= 15 is 0 Å². The summed E-state index contributed by atoms with van der Waals surface area (Å²) in [7, 11) is 0. The lowest BCUT2D eigenvalue weighted by Gasteiger charge is -2.22. The normalized spacial score (nSPS) is 22.6. The minimum absolute atomic E-state index is 0.0332. The van der Waals surface area contributed by atoms with Gasteiger partial charge in [-0.25, -0.2) is 4.79 Å². The molecule has 0 aromatic heterocycles. The SMILES string of the molecule is O=C(NCCC1CCNCC1)NC1CCCC1. The molecule has 0 atom stereocenters. The second-order valence-electron chi connectivity index (χ2n) is 5.36. The Bertz CT molecular complexity index is 233. The lowest BCUT2D eigenvalue weighted by Crippen LogP contribution is -2.41. The number of urea groups is 1. The van der Waals surface area contributed by atoms with E-state index in [-0.39, 0.29) is 6.03 Å². The minimum Gasteiger partial charge on any atom is -0.338 e. The van der Waals surface area contributed by atoms with Crippen LogP contribution < -0.4 is 16.0 Å². The maximum Gasteiger partial charge on any atom is 0.315 e. The van der Waals surface area contributed by atoms with Crippen molar-refractivity contribution in [3.05, 3.63) is 0 Å². The van der Waals surface area contributed by atoms with Gasteiger partial charge in [-0.15, -0.1) is 0 Å². The smallest absolute Gasteiger partial charge is 0.315 e. The number of hydrogen-bond acceptors (Lipinski definition) is 2. The minimum atomic E-state index is 0.0332. The van der Waals surface area contributed by atoms with Gasteiger partial charge >= 0.3 is 6.03 Å². The Hall–Kier alpha value is -0.770. The zero-order valence-corrected chi connectivity index (χ0v) is 10.6. The van der Waals surface area contributed by atoms with Crippen molar-refractivity contribution in [2.24, 2.45) is 5.92 Å². The van der Waals surface area contributed by atoms with Gasteiger partial charge in [-0.1, -0.05) is 12.8 Å². The van der Waals surface area contributed by atoms with Crippen LogP contribution in [-0.2, 0) is 0 Å². The van der Waals surface area contributed by atoms with Crippen LogP contribution in [0.4, 0.5) is 4.79 Å². The average Bonchev–Trinajstić information content (AvgIpc) is 2.83. The first-order valence-electron chi connectivity index (χ1n) is 7.09. The van der Waals surface area contributed by atoms with E-state index in [4.69, 9.17) is 0 Å². The number of carbonyl (C=O) groups excluding carboxylic acids is 1. The van der Waals surface area contributed by atoms with Gasteiger partial charge in [0.25, 0.3) is 0 Å². The zero-order chi connectivity index (χ0) is 11.9. The van der Waals surface area contributed by atoms with Crippen molar-refractivity contribution in [3.8, 4) is 0 Å². The van der Waals surface area contributed by atoms with Gasteiger partial charge in [0.05, 0.1) is 0 Å². The molecule has 1 saturated heterocycles. The largest absolute Gasteiger partial charge is 0.338 e. The second kappa shape index (κ2) is 6.84. The summed E-state index contributed by atoms with van der Waals surface area (Å²) >= 11 is 0. The molecule has 0 spiro atoms. The number of nitrogens with one attached hydrogen (secondary N) is 3. The highest BCUT2D eigenvalue weighted by Gasteiger charge is 2.17. The fourth-order valence-electron chi connectivity index (χ4n) is 2.87. The second-order valence-corrected chi connectivity index (χ2v) is 5.36. The van der Waals surface area contributed by atoms with Crippen LogP contribution in [0.1, 0.15) is 44.9 Å². The number of rotatable bonds is 4. The molecule has 0 radical (unpaired) electrons. The van der Waals surface area contributed by atoms with Gasteiger partial charge in [0.1, 0.15) is 0 Å². The molecule has 0 aromatic carbocycles. The van der Waals surface area contributed by atoms with Crippen molar-refractivity contribution in [2.75, 3.05) is 19.6 Å². The molecule has 2 aliphatic rings. The molecule has 3 N–H and O–H groups in total. The molecule has 4 nitrogen and oxygen atoms in total. The Balaban J connectivity index is 1.53. The number of hydrogen-bond donors (Lipinski definition) is 3. The van der Waals surface area contributed by atoms with Gasteiger partial charge in [0.15, 0.2) is 0 Å². The van der Waals surface area contributed by atoms with E-state index in [0.717, 1.165) is 44.8 Å². The zero-order valence-electron chi connectivity index (χ0n) is 10.6. The van der Waals surface area contributed by atoms with Crippen LogP contribution in [-0.4, -0.2) is 31.7 Å². The predicted molar refractivity (Wildman–Crippen MR) is 69.0 cm³/mol. The molecule has 0 aromatic rings. The van der Waals surface area contributed by atoms with Gasteiger partial charge in [-0.2, -0.15) is 0 Å². The number of carbonyl (C=O) groups is 1. The Morgan fingerprint density at radius 2 is 1.82 bits per heavy atom. The third kappa shape index (κ3) is 4.54. The number of amides is 2. The van der Waals surface area contributed by atoms with Crippen LogP contribution in [0, 0.1) is 5.92 Å². The molecule has 2 rings (SSSR count). The predicted octanol–water partition coefficient (Wildman–Crippen LogP) is 1.62. The van der Waals surface area contributed by atoms with Crippen molar-refractivity contribution in [2.45, 2.75) is 51.0 Å². The van der Waals surface area contributed by atoms with Crippen molar-refractivity contribution in [1.82, 2.24) is 16.0 Å². The number of piperidine rings is 1. The van der Waals surface area contributed by atoms with Crippen molar-refractivity contribution in [1.29, 1.82) is 0 Å². The van der Waals surface area contributed by atoms with Crippen molar-refractivity contribution in [3.63, 3.8) is 0 Å². The summed E-state index contributed by atoms with van der Waals surface area (Å²) in [4.78, 5) is 11.6. The maximum absolute atomic E-state index is 11.6. The molecule has 2 fully saturated rings. The standard InChI is InChI=1S/C13H25N3O/c17-13(16-12-3-1-2-4-12)15-10-7-11-5-8-14-9-6-11/h11-12,14H,1-10H2,(H2,15,16,17). The summed E-state index contributed by atoms with van der Waals surface area (Å²) in [5, 5.41) is 9.40. The van der Waals surface area contributed by atoms with Crippen LogP contribution in [0.5, 0.6) is 0 Å². The van der Waals surface area contributed by atoms with E-state index in [2.05, 4.69) is 16.0 Å². The lowest BCUT2D eigenvalue weighted by atomic mass is 9.95. The van der Waals surface area contributed by atoms with Crippen LogP contribution >= 0.6 is 0 Å². The van der Waals surface area contributed by atoms with E-state index in [9.17, 15) is 4.79 Å². The van der Waals surface area contributed by atoms with Crippen LogP contribution in [0.25, 0.3) is 0 Å². The van der Waals surface area contributed by atoms with E-state index in [1.54, 1.807) is 0 Å². The molecule has 0 bridgehead atoms. The van der Waals surface area contributed by atoms with Gasteiger partial charge in [0.2, 0.25) is 0 Å². The summed E-state index contributed by atoms with van der Waals surface area (Å²) in [5.74, 6) is 0.794. The van der Waals surface area contributed by atoms with E-state index in [1.165, 1.54) is 25.7 Å². The monoisotopic (exact) mass is 239 g/mol. The Morgan fingerprint density at radius 3 is 2.53 bits per heavy atom. The third-order valence-corrected chi connectivity index (χ3v) is 3.99. The molecule has 4 heteroatoms. The summed E-state index contributed by atoms with van der Waals surface area (Å²) in [6.45, 7) is 3.10. The van der Waals surface area contributed by atoms with E-state index < -0.39 is 0 Å². The maximum atomic E-state index is 11.6. The van der Waals surface area contributed by atoms with Crippen molar-refractivity contribution >= 4 is 6.03 Å². The molecule has 1 heterocycles. The van der Waals surface area contributed by atoms with Gasteiger partial charge < -0.3 is 16.0 Å². The molecule has 1 saturated carbocycles. The average molecular weight is 239 g/mol. The topological polar surface area (TPSA) is 53.2 Å². The first-order chi connectivity index (χ1) is 8.34. The summed E-state index contributed by atoms with van der Waals surface area (Å²) < 4.78 is 0. The van der Waals surface area contributed by atoms with Gasteiger partial charge in [-0.3, -0.25) is 0 Å². The van der Waals surface area contributed by atoms with Crippen LogP contribution in [0.3, 0.4) is 0 Å². The van der Waals surface area contributed by atoms with E-state index in [1.807, 2.05) is 0 Å². The third-order valence-electron chi connectivity index (χ3n) is 3.99. The Morgan fingerprint density at radius 1 is 1.12 bits per heavy atom. The Labute approximate surface area is 104 Å². The molecule has 0 unspecified atom stereocenters. The molecular weight excluding hydrogens is 214 g/mol. The van der Waals surface area contributed by atoms with Crippen LogP contribution in [0.2, 0.25) is 0 Å². The molecule has 2 amide bonds. The van der Waals surface area contributed by atoms with Gasteiger partial charge in [-0.05, 0) is 51.1 Å².